The van der Waals surface area contributed by atoms with Crippen molar-refractivity contribution in [1.29, 1.82) is 0 Å². The van der Waals surface area contributed by atoms with Crippen LogP contribution in [0.25, 0.3) is 0 Å². The third-order valence-electron chi connectivity index (χ3n) is 5.06. The van der Waals surface area contributed by atoms with E-state index < -0.39 is 5.54 Å². The van der Waals surface area contributed by atoms with Crippen LogP contribution in [-0.4, -0.2) is 41.3 Å². The van der Waals surface area contributed by atoms with E-state index in [0.29, 0.717) is 23.4 Å². The molecule has 2 fully saturated rings. The fourth-order valence-corrected chi connectivity index (χ4v) is 3.99. The van der Waals surface area contributed by atoms with Gasteiger partial charge in [-0.2, -0.15) is 0 Å². The smallest absolute Gasteiger partial charge is 0.251 e. The Morgan fingerprint density at radius 1 is 1.22 bits per heavy atom. The van der Waals surface area contributed by atoms with Crippen molar-refractivity contribution in [3.8, 4) is 0 Å². The topological polar surface area (TPSA) is 49.4 Å². The van der Waals surface area contributed by atoms with Gasteiger partial charge >= 0.3 is 0 Å². The molecule has 3 rings (SSSR count). The van der Waals surface area contributed by atoms with E-state index in [1.807, 2.05) is 6.92 Å². The number of rotatable bonds is 3. The average molecular weight is 335 g/mol. The van der Waals surface area contributed by atoms with Crippen molar-refractivity contribution in [3.63, 3.8) is 0 Å². The molecule has 0 bridgehead atoms. The predicted octanol–water partition coefficient (Wildman–Crippen LogP) is 3.05. The minimum Gasteiger partial charge on any atom is -0.345 e. The van der Waals surface area contributed by atoms with Crippen LogP contribution in [0.2, 0.25) is 5.02 Å². The molecule has 0 spiro atoms. The van der Waals surface area contributed by atoms with E-state index in [-0.39, 0.29) is 17.7 Å². The highest BCUT2D eigenvalue weighted by molar-refractivity contribution is 6.30. The van der Waals surface area contributed by atoms with Gasteiger partial charge in [-0.3, -0.25) is 14.5 Å². The lowest BCUT2D eigenvalue weighted by molar-refractivity contribution is -0.117. The van der Waals surface area contributed by atoms with Crippen LogP contribution in [-0.2, 0) is 4.79 Å². The first-order valence-corrected chi connectivity index (χ1v) is 8.69. The van der Waals surface area contributed by atoms with Gasteiger partial charge in [0.15, 0.2) is 0 Å². The summed E-state index contributed by atoms with van der Waals surface area (Å²) in [6.45, 7) is 4.04. The highest BCUT2D eigenvalue weighted by Crippen LogP contribution is 2.33. The molecule has 1 aromatic rings. The number of hydrogen-bond acceptors (Lipinski definition) is 3. The molecule has 23 heavy (non-hydrogen) atoms. The third kappa shape index (κ3) is 3.59. The minimum absolute atomic E-state index is 0.103. The first-order valence-electron chi connectivity index (χ1n) is 8.32. The van der Waals surface area contributed by atoms with Crippen molar-refractivity contribution in [3.05, 3.63) is 34.9 Å². The summed E-state index contributed by atoms with van der Waals surface area (Å²) in [5.74, 6) is 0.0976. The number of Topliss-reactive ketones (excluding diaryl/α,β-unsaturated/α-hetero) is 1. The molecule has 124 valence electrons. The first kappa shape index (κ1) is 16.5. The number of carbonyl (C=O) groups is 2. The van der Waals surface area contributed by atoms with Crippen LogP contribution in [0.5, 0.6) is 0 Å². The van der Waals surface area contributed by atoms with Crippen molar-refractivity contribution in [1.82, 2.24) is 10.2 Å². The van der Waals surface area contributed by atoms with Gasteiger partial charge in [0.1, 0.15) is 5.78 Å². The number of nitrogens with one attached hydrogen (secondary N) is 1. The van der Waals surface area contributed by atoms with Crippen LogP contribution in [0.3, 0.4) is 0 Å². The van der Waals surface area contributed by atoms with Crippen molar-refractivity contribution in [2.24, 2.45) is 0 Å². The lowest BCUT2D eigenvalue weighted by Gasteiger charge is -2.41. The highest BCUT2D eigenvalue weighted by atomic mass is 35.5. The van der Waals surface area contributed by atoms with E-state index in [0.717, 1.165) is 13.1 Å². The summed E-state index contributed by atoms with van der Waals surface area (Å²) in [7, 11) is 0. The second-order valence-electron chi connectivity index (χ2n) is 6.91. The largest absolute Gasteiger partial charge is 0.345 e. The van der Waals surface area contributed by atoms with E-state index >= 15 is 0 Å². The van der Waals surface area contributed by atoms with Crippen LogP contribution < -0.4 is 5.32 Å². The summed E-state index contributed by atoms with van der Waals surface area (Å²) < 4.78 is 0. The summed E-state index contributed by atoms with van der Waals surface area (Å²) in [5, 5.41) is 3.73. The standard InChI is InChI=1S/C18H23ClN2O2/c1-18(20-17(23)13-5-7-14(19)8-6-13)12-15(22)11-16(18)21-9-3-2-4-10-21/h5-8,16H,2-4,9-12H2,1H3,(H,20,23). The Labute approximate surface area is 142 Å². The number of piperidine rings is 1. The van der Waals surface area contributed by atoms with E-state index in [9.17, 15) is 9.59 Å². The highest BCUT2D eigenvalue weighted by Gasteiger charge is 2.47. The van der Waals surface area contributed by atoms with Gasteiger partial charge in [0.2, 0.25) is 0 Å². The van der Waals surface area contributed by atoms with E-state index in [1.165, 1.54) is 19.3 Å². The van der Waals surface area contributed by atoms with Gasteiger partial charge in [0, 0.05) is 29.5 Å². The average Bonchev–Trinajstić information content (AvgIpc) is 2.83. The molecule has 4 nitrogen and oxygen atoms in total. The van der Waals surface area contributed by atoms with Gasteiger partial charge in [-0.1, -0.05) is 18.0 Å². The molecule has 0 radical (unpaired) electrons. The van der Waals surface area contributed by atoms with Gasteiger partial charge in [-0.25, -0.2) is 0 Å². The molecular formula is C18H23ClN2O2. The maximum absolute atomic E-state index is 12.6. The summed E-state index contributed by atoms with van der Waals surface area (Å²) in [4.78, 5) is 27.0. The van der Waals surface area contributed by atoms with Crippen LogP contribution >= 0.6 is 11.6 Å². The molecule has 5 heteroatoms. The summed E-state index contributed by atoms with van der Waals surface area (Å²) in [6.07, 6.45) is 4.55. The second-order valence-corrected chi connectivity index (χ2v) is 7.35. The Balaban J connectivity index is 1.76. The molecule has 0 aromatic heterocycles. The van der Waals surface area contributed by atoms with Crippen LogP contribution in [0.15, 0.2) is 24.3 Å². The number of carbonyl (C=O) groups excluding carboxylic acids is 2. The summed E-state index contributed by atoms with van der Waals surface area (Å²) in [5.41, 5.74) is 0.0814. The molecule has 1 aliphatic heterocycles. The molecule has 1 amide bonds. The molecule has 1 saturated carbocycles. The van der Waals surface area contributed by atoms with Crippen molar-refractivity contribution in [2.75, 3.05) is 13.1 Å². The number of likely N-dealkylation sites (tertiary alicyclic amines) is 1. The molecule has 2 unspecified atom stereocenters. The number of hydrogen-bond donors (Lipinski definition) is 1. The normalized spacial score (nSPS) is 28.8. The Hall–Kier alpha value is -1.39. The molecule has 1 aromatic carbocycles. The van der Waals surface area contributed by atoms with Crippen LogP contribution in [0.1, 0.15) is 49.4 Å². The monoisotopic (exact) mass is 334 g/mol. The lowest BCUT2D eigenvalue weighted by atomic mass is 9.92. The maximum atomic E-state index is 12.6. The SMILES string of the molecule is CC1(NC(=O)c2ccc(Cl)cc2)CC(=O)CC1N1CCCCC1. The quantitative estimate of drug-likeness (QED) is 0.924. The van der Waals surface area contributed by atoms with Crippen molar-refractivity contribution in [2.45, 2.75) is 50.6 Å². The Morgan fingerprint density at radius 2 is 1.87 bits per heavy atom. The molecular weight excluding hydrogens is 312 g/mol. The fraction of sp³-hybridized carbons (Fsp3) is 0.556. The van der Waals surface area contributed by atoms with Crippen molar-refractivity contribution >= 4 is 23.3 Å². The Morgan fingerprint density at radius 3 is 2.52 bits per heavy atom. The van der Waals surface area contributed by atoms with Crippen LogP contribution in [0.4, 0.5) is 0 Å². The zero-order valence-corrected chi connectivity index (χ0v) is 14.2. The third-order valence-corrected chi connectivity index (χ3v) is 5.31. The predicted molar refractivity (Wildman–Crippen MR) is 90.8 cm³/mol. The van der Waals surface area contributed by atoms with Gasteiger partial charge in [-0.05, 0) is 57.1 Å². The molecule has 2 aliphatic rings. The first-order chi connectivity index (χ1) is 11.0. The second kappa shape index (κ2) is 6.62. The van der Waals surface area contributed by atoms with Gasteiger partial charge in [-0.15, -0.1) is 0 Å². The number of ketones is 1. The molecule has 2 atom stereocenters. The van der Waals surface area contributed by atoms with Gasteiger partial charge < -0.3 is 5.32 Å². The molecule has 1 aliphatic carbocycles. The fourth-order valence-electron chi connectivity index (χ4n) is 3.86. The maximum Gasteiger partial charge on any atom is 0.251 e. The minimum atomic E-state index is -0.495. The van der Waals surface area contributed by atoms with E-state index in [4.69, 9.17) is 11.6 Å². The zero-order chi connectivity index (χ0) is 16.4. The number of halogens is 1. The van der Waals surface area contributed by atoms with Crippen LogP contribution in [0, 0.1) is 0 Å². The number of amides is 1. The molecule has 1 saturated heterocycles. The van der Waals surface area contributed by atoms with Gasteiger partial charge in [0.25, 0.3) is 5.91 Å². The van der Waals surface area contributed by atoms with Gasteiger partial charge in [0.05, 0.1) is 5.54 Å². The van der Waals surface area contributed by atoms with E-state index in [1.54, 1.807) is 24.3 Å². The summed E-state index contributed by atoms with van der Waals surface area (Å²) >= 11 is 5.87. The van der Waals surface area contributed by atoms with E-state index in [2.05, 4.69) is 10.2 Å². The van der Waals surface area contributed by atoms with Crippen molar-refractivity contribution < 1.29 is 9.59 Å². The number of benzene rings is 1. The summed E-state index contributed by atoms with van der Waals surface area (Å²) in [6, 6.07) is 6.95. The Bertz CT molecular complexity index is 596. The molecule has 1 heterocycles. The molecule has 1 N–H and O–H groups in total. The lowest BCUT2D eigenvalue weighted by Crippen LogP contribution is -2.58. The Kier molecular flexibility index (Phi) is 4.74. The number of nitrogens with zero attached hydrogens (tertiary/aromatic N) is 1. The zero-order valence-electron chi connectivity index (χ0n) is 13.5.